The average Bonchev–Trinajstić information content (AvgIpc) is 3.33. The minimum Gasteiger partial charge on any atom is -0.463 e. The Morgan fingerprint density at radius 3 is 2.42 bits per heavy atom. The second-order valence-corrected chi connectivity index (χ2v) is 9.29. The van der Waals surface area contributed by atoms with Crippen molar-refractivity contribution >= 4 is 12.0 Å². The highest BCUT2D eigenvalue weighted by Crippen LogP contribution is 2.33. The SMILES string of the molecule is CCOC(=O)C1=C(CN2CCN(Cc3ccc4c(c3)OCO4)CC2)NC(=O)N[C@@H]1c1ccc(C)cc1. The van der Waals surface area contributed by atoms with Gasteiger partial charge in [0.05, 0.1) is 18.2 Å². The van der Waals surface area contributed by atoms with Crippen molar-refractivity contribution in [3.63, 3.8) is 0 Å². The minimum atomic E-state index is -0.555. The molecule has 0 saturated carbocycles. The molecule has 0 aliphatic carbocycles. The van der Waals surface area contributed by atoms with Crippen LogP contribution in [0.1, 0.15) is 29.7 Å². The van der Waals surface area contributed by atoms with Gasteiger partial charge in [-0.25, -0.2) is 9.59 Å². The molecular weight excluding hydrogens is 460 g/mol. The van der Waals surface area contributed by atoms with E-state index in [1.165, 1.54) is 5.56 Å². The van der Waals surface area contributed by atoms with Gasteiger partial charge in [-0.1, -0.05) is 35.9 Å². The normalized spacial score (nSPS) is 20.2. The predicted octanol–water partition coefficient (Wildman–Crippen LogP) is 2.71. The number of fused-ring (bicyclic) bond motifs is 1. The molecule has 3 aliphatic heterocycles. The number of amides is 2. The van der Waals surface area contributed by atoms with Crippen LogP contribution in [0.15, 0.2) is 53.7 Å². The number of piperazine rings is 1. The molecule has 1 saturated heterocycles. The van der Waals surface area contributed by atoms with Crippen molar-refractivity contribution < 1.29 is 23.8 Å². The van der Waals surface area contributed by atoms with E-state index < -0.39 is 12.0 Å². The first-order valence-electron chi connectivity index (χ1n) is 12.4. The first-order chi connectivity index (χ1) is 17.5. The van der Waals surface area contributed by atoms with Crippen molar-refractivity contribution in [3.05, 3.63) is 70.4 Å². The Balaban J connectivity index is 1.28. The van der Waals surface area contributed by atoms with E-state index >= 15 is 0 Å². The quantitative estimate of drug-likeness (QED) is 0.574. The fourth-order valence-corrected chi connectivity index (χ4v) is 4.83. The van der Waals surface area contributed by atoms with Crippen LogP contribution in [0.2, 0.25) is 0 Å². The van der Waals surface area contributed by atoms with Crippen LogP contribution >= 0.6 is 0 Å². The van der Waals surface area contributed by atoms with E-state index in [2.05, 4.69) is 26.5 Å². The number of rotatable bonds is 7. The number of urea groups is 1. The van der Waals surface area contributed by atoms with Crippen LogP contribution in [0.5, 0.6) is 11.5 Å². The summed E-state index contributed by atoms with van der Waals surface area (Å²) in [6, 6.07) is 13.0. The molecule has 36 heavy (non-hydrogen) atoms. The van der Waals surface area contributed by atoms with Gasteiger partial charge in [0.2, 0.25) is 6.79 Å². The fourth-order valence-electron chi connectivity index (χ4n) is 4.83. The smallest absolute Gasteiger partial charge is 0.338 e. The van der Waals surface area contributed by atoms with Crippen LogP contribution < -0.4 is 20.1 Å². The summed E-state index contributed by atoms with van der Waals surface area (Å²) in [4.78, 5) is 30.3. The topological polar surface area (TPSA) is 92.4 Å². The Bertz CT molecular complexity index is 1160. The second-order valence-electron chi connectivity index (χ2n) is 9.29. The summed E-state index contributed by atoms with van der Waals surface area (Å²) < 4.78 is 16.3. The van der Waals surface area contributed by atoms with Crippen molar-refractivity contribution in [2.75, 3.05) is 46.1 Å². The summed E-state index contributed by atoms with van der Waals surface area (Å²) in [6.45, 7) is 9.04. The van der Waals surface area contributed by atoms with Gasteiger partial charge in [0.25, 0.3) is 0 Å². The molecule has 2 amide bonds. The molecule has 190 valence electrons. The van der Waals surface area contributed by atoms with Crippen molar-refractivity contribution in [1.29, 1.82) is 0 Å². The Morgan fingerprint density at radius 2 is 1.69 bits per heavy atom. The maximum absolute atomic E-state index is 13.0. The molecule has 1 fully saturated rings. The van der Waals surface area contributed by atoms with Crippen molar-refractivity contribution in [2.45, 2.75) is 26.4 Å². The molecule has 5 rings (SSSR count). The number of ether oxygens (including phenoxy) is 3. The second kappa shape index (κ2) is 10.6. The zero-order valence-corrected chi connectivity index (χ0v) is 20.7. The molecule has 1 atom stereocenters. The van der Waals surface area contributed by atoms with Crippen LogP contribution in [0.4, 0.5) is 4.79 Å². The number of nitrogens with zero attached hydrogens (tertiary/aromatic N) is 2. The largest absolute Gasteiger partial charge is 0.463 e. The lowest BCUT2D eigenvalue weighted by Crippen LogP contribution is -2.51. The summed E-state index contributed by atoms with van der Waals surface area (Å²) >= 11 is 0. The number of benzene rings is 2. The predicted molar refractivity (Wildman–Crippen MR) is 134 cm³/mol. The van der Waals surface area contributed by atoms with Gasteiger partial charge in [0, 0.05) is 45.0 Å². The van der Waals surface area contributed by atoms with Gasteiger partial charge in [-0.2, -0.15) is 0 Å². The zero-order chi connectivity index (χ0) is 25.1. The first-order valence-corrected chi connectivity index (χ1v) is 12.4. The van der Waals surface area contributed by atoms with E-state index in [-0.39, 0.29) is 19.4 Å². The van der Waals surface area contributed by atoms with Crippen molar-refractivity contribution in [3.8, 4) is 11.5 Å². The van der Waals surface area contributed by atoms with E-state index in [0.717, 1.165) is 55.3 Å². The molecule has 0 aromatic heterocycles. The van der Waals surface area contributed by atoms with E-state index in [1.54, 1.807) is 6.92 Å². The summed E-state index contributed by atoms with van der Waals surface area (Å²) in [5.41, 5.74) is 4.21. The number of aryl methyl sites for hydroxylation is 1. The third-order valence-electron chi connectivity index (χ3n) is 6.75. The third-order valence-corrected chi connectivity index (χ3v) is 6.75. The molecule has 0 unspecified atom stereocenters. The van der Waals surface area contributed by atoms with Crippen molar-refractivity contribution in [2.24, 2.45) is 0 Å². The zero-order valence-electron chi connectivity index (χ0n) is 20.7. The monoisotopic (exact) mass is 492 g/mol. The minimum absolute atomic E-state index is 0.267. The molecule has 3 aliphatic rings. The number of carbonyl (C=O) groups is 2. The molecule has 9 nitrogen and oxygen atoms in total. The number of hydrogen-bond donors (Lipinski definition) is 2. The van der Waals surface area contributed by atoms with E-state index in [1.807, 2.05) is 43.3 Å². The van der Waals surface area contributed by atoms with Gasteiger partial charge in [-0.15, -0.1) is 0 Å². The molecule has 2 aromatic carbocycles. The molecule has 0 spiro atoms. The third kappa shape index (κ3) is 5.32. The highest BCUT2D eigenvalue weighted by atomic mass is 16.7. The first kappa shape index (κ1) is 24.1. The molecule has 0 bridgehead atoms. The standard InChI is InChI=1S/C27H32N4O5/c1-3-34-26(32)24-21(28-27(33)29-25(24)20-7-4-18(2)5-8-20)16-31-12-10-30(11-13-31)15-19-6-9-22-23(14-19)36-17-35-22/h4-9,14,25H,3,10-13,15-17H2,1-2H3,(H2,28,29,33)/t25-/m1/s1. The molecule has 2 N–H and O–H groups in total. The van der Waals surface area contributed by atoms with Gasteiger partial charge in [-0.05, 0) is 37.1 Å². The van der Waals surface area contributed by atoms with Gasteiger partial charge >= 0.3 is 12.0 Å². The molecule has 9 heteroatoms. The van der Waals surface area contributed by atoms with Gasteiger partial charge < -0.3 is 24.8 Å². The fraction of sp³-hybridized carbons (Fsp3) is 0.407. The molecule has 0 radical (unpaired) electrons. The van der Waals surface area contributed by atoms with Crippen LogP contribution in [-0.4, -0.2) is 67.9 Å². The summed E-state index contributed by atoms with van der Waals surface area (Å²) in [5.74, 6) is 1.18. The summed E-state index contributed by atoms with van der Waals surface area (Å²) in [7, 11) is 0. The van der Waals surface area contributed by atoms with Crippen LogP contribution in [0.25, 0.3) is 0 Å². The van der Waals surface area contributed by atoms with Gasteiger partial charge in [0.15, 0.2) is 11.5 Å². The highest BCUT2D eigenvalue weighted by Gasteiger charge is 2.34. The Hall–Kier alpha value is -3.56. The van der Waals surface area contributed by atoms with Crippen LogP contribution in [0, 0.1) is 6.92 Å². The number of nitrogens with one attached hydrogen (secondary N) is 2. The Kier molecular flexibility index (Phi) is 7.11. The van der Waals surface area contributed by atoms with E-state index in [9.17, 15) is 9.59 Å². The summed E-state index contributed by atoms with van der Waals surface area (Å²) in [6.07, 6.45) is 0. The Labute approximate surface area is 211 Å². The lowest BCUT2D eigenvalue weighted by molar-refractivity contribution is -0.139. The van der Waals surface area contributed by atoms with Crippen LogP contribution in [-0.2, 0) is 16.1 Å². The number of carbonyl (C=O) groups excluding carboxylic acids is 2. The van der Waals surface area contributed by atoms with Crippen molar-refractivity contribution in [1.82, 2.24) is 20.4 Å². The lowest BCUT2D eigenvalue weighted by atomic mass is 9.94. The molecular formula is C27H32N4O5. The summed E-state index contributed by atoms with van der Waals surface area (Å²) in [5, 5.41) is 5.79. The number of hydrogen-bond acceptors (Lipinski definition) is 7. The Morgan fingerprint density at radius 1 is 1.00 bits per heavy atom. The van der Waals surface area contributed by atoms with E-state index in [4.69, 9.17) is 14.2 Å². The maximum atomic E-state index is 13.0. The molecule has 3 heterocycles. The highest BCUT2D eigenvalue weighted by molar-refractivity contribution is 5.95. The average molecular weight is 493 g/mol. The van der Waals surface area contributed by atoms with Gasteiger partial charge in [0.1, 0.15) is 0 Å². The van der Waals surface area contributed by atoms with Gasteiger partial charge in [-0.3, -0.25) is 9.80 Å². The van der Waals surface area contributed by atoms with Crippen LogP contribution in [0.3, 0.4) is 0 Å². The number of esters is 1. The van der Waals surface area contributed by atoms with E-state index in [0.29, 0.717) is 17.8 Å². The molecule has 2 aromatic rings. The lowest BCUT2D eigenvalue weighted by Gasteiger charge is -2.37. The maximum Gasteiger partial charge on any atom is 0.338 e.